The van der Waals surface area contributed by atoms with Gasteiger partial charge in [0.25, 0.3) is 0 Å². The highest BCUT2D eigenvalue weighted by Gasteiger charge is 2.29. The van der Waals surface area contributed by atoms with Gasteiger partial charge in [-0.1, -0.05) is 31.9 Å². The molecule has 0 amide bonds. The summed E-state index contributed by atoms with van der Waals surface area (Å²) in [7, 11) is 0. The van der Waals surface area contributed by atoms with Gasteiger partial charge in [0.15, 0.2) is 6.19 Å². The first-order chi connectivity index (χ1) is 8.74. The van der Waals surface area contributed by atoms with Gasteiger partial charge in [-0.15, -0.1) is 0 Å². The number of halogens is 1. The topological polar surface area (TPSA) is 27.0 Å². The van der Waals surface area contributed by atoms with Crippen molar-refractivity contribution in [1.29, 1.82) is 5.26 Å². The Hall–Kier alpha value is -1.56. The minimum absolute atomic E-state index is 0.114. The summed E-state index contributed by atoms with van der Waals surface area (Å²) in [5, 5.41) is 9.28. The van der Waals surface area contributed by atoms with Crippen LogP contribution >= 0.6 is 0 Å². The third-order valence-corrected chi connectivity index (χ3v) is 3.48. The number of hydrogen-bond acceptors (Lipinski definition) is 2. The predicted octanol–water partition coefficient (Wildman–Crippen LogP) is 3.86. The molecule has 0 N–H and O–H groups in total. The molecular formula is C15H19FN2. The van der Waals surface area contributed by atoms with Crippen molar-refractivity contribution < 1.29 is 4.39 Å². The largest absolute Gasteiger partial charge is 0.303 e. The zero-order chi connectivity index (χ0) is 13.0. The van der Waals surface area contributed by atoms with E-state index in [0.717, 1.165) is 30.9 Å². The molecule has 1 fully saturated rings. The second-order valence-electron chi connectivity index (χ2n) is 5.04. The van der Waals surface area contributed by atoms with Crippen molar-refractivity contribution in [3.05, 3.63) is 35.6 Å². The van der Waals surface area contributed by atoms with Crippen LogP contribution in [0.1, 0.15) is 44.2 Å². The van der Waals surface area contributed by atoms with E-state index in [1.165, 1.54) is 25.0 Å². The average Bonchev–Trinajstić information content (AvgIpc) is 3.19. The zero-order valence-corrected chi connectivity index (χ0v) is 10.8. The van der Waals surface area contributed by atoms with Crippen LogP contribution in [0.5, 0.6) is 0 Å². The lowest BCUT2D eigenvalue weighted by Gasteiger charge is -2.27. The highest BCUT2D eigenvalue weighted by atomic mass is 19.1. The van der Waals surface area contributed by atoms with E-state index in [4.69, 9.17) is 0 Å². The lowest BCUT2D eigenvalue weighted by atomic mass is 9.99. The smallest absolute Gasteiger partial charge is 0.179 e. The third-order valence-electron chi connectivity index (χ3n) is 3.48. The molecule has 1 aliphatic rings. The molecular weight excluding hydrogens is 227 g/mol. The number of nitrogens with zero attached hydrogens (tertiary/aromatic N) is 2. The summed E-state index contributed by atoms with van der Waals surface area (Å²) in [6, 6.07) is 6.70. The maximum atomic E-state index is 13.0. The van der Waals surface area contributed by atoms with Crippen LogP contribution in [0.4, 0.5) is 4.39 Å². The van der Waals surface area contributed by atoms with Gasteiger partial charge in [-0.25, -0.2) is 4.39 Å². The molecule has 96 valence electrons. The Bertz CT molecular complexity index is 417. The average molecular weight is 246 g/mol. The lowest BCUT2D eigenvalue weighted by molar-refractivity contribution is 0.269. The van der Waals surface area contributed by atoms with Gasteiger partial charge in [-0.05, 0) is 36.5 Å². The Kier molecular flexibility index (Phi) is 4.19. The summed E-state index contributed by atoms with van der Waals surface area (Å²) in [5.74, 6) is 0.524. The van der Waals surface area contributed by atoms with Gasteiger partial charge in [0.2, 0.25) is 0 Å². The Morgan fingerprint density at radius 3 is 2.56 bits per heavy atom. The molecule has 1 unspecified atom stereocenters. The van der Waals surface area contributed by atoms with Crippen molar-refractivity contribution in [2.45, 2.75) is 38.6 Å². The Morgan fingerprint density at radius 2 is 2.06 bits per heavy atom. The first-order valence-corrected chi connectivity index (χ1v) is 6.66. The van der Waals surface area contributed by atoms with E-state index in [1.807, 2.05) is 17.0 Å². The van der Waals surface area contributed by atoms with E-state index >= 15 is 0 Å². The molecule has 0 aromatic heterocycles. The second kappa shape index (κ2) is 5.86. The summed E-state index contributed by atoms with van der Waals surface area (Å²) >= 11 is 0. The summed E-state index contributed by atoms with van der Waals surface area (Å²) in [6.07, 6.45) is 6.79. The summed E-state index contributed by atoms with van der Waals surface area (Å²) < 4.78 is 13.0. The van der Waals surface area contributed by atoms with Crippen LogP contribution in [0.2, 0.25) is 0 Å². The maximum Gasteiger partial charge on any atom is 0.179 e. The molecule has 2 nitrogen and oxygen atoms in total. The van der Waals surface area contributed by atoms with Gasteiger partial charge in [0, 0.05) is 6.54 Å². The van der Waals surface area contributed by atoms with Crippen LogP contribution in [0.25, 0.3) is 0 Å². The van der Waals surface area contributed by atoms with Gasteiger partial charge in [-0.2, -0.15) is 5.26 Å². The summed E-state index contributed by atoms with van der Waals surface area (Å²) in [6.45, 7) is 2.84. The first kappa shape index (κ1) is 12.9. The van der Waals surface area contributed by atoms with Crippen LogP contribution in [-0.2, 0) is 0 Å². The third kappa shape index (κ3) is 3.22. The normalized spacial score (nSPS) is 16.1. The molecule has 1 aromatic rings. The SMILES string of the molecule is CCCN(C#N)C(CC1CC1)c1ccc(F)cc1. The number of hydrogen-bond donors (Lipinski definition) is 0. The van der Waals surface area contributed by atoms with Gasteiger partial charge in [-0.3, -0.25) is 0 Å². The van der Waals surface area contributed by atoms with E-state index in [1.54, 1.807) is 0 Å². The fraction of sp³-hybridized carbons (Fsp3) is 0.533. The van der Waals surface area contributed by atoms with Crippen LogP contribution in [0, 0.1) is 23.2 Å². The van der Waals surface area contributed by atoms with E-state index in [0.29, 0.717) is 0 Å². The molecule has 3 heteroatoms. The molecule has 1 atom stereocenters. The number of benzene rings is 1. The zero-order valence-electron chi connectivity index (χ0n) is 10.8. The Morgan fingerprint density at radius 1 is 1.39 bits per heavy atom. The van der Waals surface area contributed by atoms with Crippen LogP contribution in [0.15, 0.2) is 24.3 Å². The van der Waals surface area contributed by atoms with Crippen LogP contribution in [0.3, 0.4) is 0 Å². The molecule has 0 aliphatic heterocycles. The van der Waals surface area contributed by atoms with Crippen molar-refractivity contribution in [2.24, 2.45) is 5.92 Å². The highest BCUT2D eigenvalue weighted by molar-refractivity contribution is 5.21. The fourth-order valence-electron chi connectivity index (χ4n) is 2.31. The molecule has 0 bridgehead atoms. The Labute approximate surface area is 108 Å². The molecule has 1 aliphatic carbocycles. The minimum atomic E-state index is -0.220. The molecule has 0 radical (unpaired) electrons. The monoisotopic (exact) mass is 246 g/mol. The molecule has 1 aromatic carbocycles. The minimum Gasteiger partial charge on any atom is -0.303 e. The Balaban J connectivity index is 2.17. The van der Waals surface area contributed by atoms with E-state index < -0.39 is 0 Å². The molecule has 0 spiro atoms. The highest BCUT2D eigenvalue weighted by Crippen LogP contribution is 2.39. The molecule has 2 rings (SSSR count). The van der Waals surface area contributed by atoms with Crippen LogP contribution < -0.4 is 0 Å². The maximum absolute atomic E-state index is 13.0. The summed E-state index contributed by atoms with van der Waals surface area (Å²) in [5.41, 5.74) is 1.05. The van der Waals surface area contributed by atoms with Crippen molar-refractivity contribution >= 4 is 0 Å². The molecule has 1 saturated carbocycles. The number of nitriles is 1. The molecule has 18 heavy (non-hydrogen) atoms. The van der Waals surface area contributed by atoms with Gasteiger partial charge in [0.1, 0.15) is 5.82 Å². The van der Waals surface area contributed by atoms with E-state index in [2.05, 4.69) is 13.1 Å². The summed E-state index contributed by atoms with van der Waals surface area (Å²) in [4.78, 5) is 1.84. The van der Waals surface area contributed by atoms with Crippen molar-refractivity contribution in [3.8, 4) is 6.19 Å². The van der Waals surface area contributed by atoms with Crippen molar-refractivity contribution in [3.63, 3.8) is 0 Å². The molecule has 0 saturated heterocycles. The molecule has 0 heterocycles. The van der Waals surface area contributed by atoms with Crippen molar-refractivity contribution in [1.82, 2.24) is 4.90 Å². The lowest BCUT2D eigenvalue weighted by Crippen LogP contribution is -2.25. The standard InChI is InChI=1S/C15H19FN2/c1-2-9-18(11-17)15(10-12-3-4-12)13-5-7-14(16)8-6-13/h5-8,12,15H,2-4,9-10H2,1H3. The van der Waals surface area contributed by atoms with Crippen LogP contribution in [-0.4, -0.2) is 11.4 Å². The van der Waals surface area contributed by atoms with Gasteiger partial charge >= 0.3 is 0 Å². The number of rotatable bonds is 6. The predicted molar refractivity (Wildman–Crippen MR) is 69.1 cm³/mol. The quantitative estimate of drug-likeness (QED) is 0.563. The van der Waals surface area contributed by atoms with Crippen molar-refractivity contribution in [2.75, 3.05) is 6.54 Å². The second-order valence-corrected chi connectivity index (χ2v) is 5.04. The van der Waals surface area contributed by atoms with E-state index in [-0.39, 0.29) is 11.9 Å². The fourth-order valence-corrected chi connectivity index (χ4v) is 2.31. The van der Waals surface area contributed by atoms with Gasteiger partial charge < -0.3 is 4.90 Å². The first-order valence-electron chi connectivity index (χ1n) is 6.66. The van der Waals surface area contributed by atoms with Gasteiger partial charge in [0.05, 0.1) is 6.04 Å². The van der Waals surface area contributed by atoms with E-state index in [9.17, 15) is 9.65 Å².